The van der Waals surface area contributed by atoms with Gasteiger partial charge >= 0.3 is 0 Å². The van der Waals surface area contributed by atoms with Crippen LogP contribution in [0.25, 0.3) is 0 Å². The second-order valence-corrected chi connectivity index (χ2v) is 5.19. The molecule has 1 heteroatoms. The molecule has 0 unspecified atom stereocenters. The zero-order valence-electron chi connectivity index (χ0n) is 9.82. The number of hydrogen-bond donors (Lipinski definition) is 1. The van der Waals surface area contributed by atoms with Gasteiger partial charge in [0, 0.05) is 6.04 Å². The minimum absolute atomic E-state index is 0.536. The maximum Gasteiger partial charge on any atom is 0.0386 e. The lowest BCUT2D eigenvalue weighted by Gasteiger charge is -2.41. The molecule has 16 heavy (non-hydrogen) atoms. The van der Waals surface area contributed by atoms with E-state index < -0.39 is 0 Å². The molecule has 84 valence electrons. The van der Waals surface area contributed by atoms with Gasteiger partial charge < -0.3 is 5.32 Å². The van der Waals surface area contributed by atoms with Crippen LogP contribution in [0.3, 0.4) is 0 Å². The van der Waals surface area contributed by atoms with Crippen molar-refractivity contribution in [2.24, 2.45) is 11.8 Å². The van der Waals surface area contributed by atoms with Crippen LogP contribution in [0.2, 0.25) is 0 Å². The lowest BCUT2D eigenvalue weighted by atomic mass is 9.73. The standard InChI is InChI=1S/C15H19N/c1-11-7-8-12-9-14(11)15(16-10-12)13-5-3-2-4-6-13/h2-7,12,14-16H,8-10H2,1H3/t12-,14-,15+/m0/s1. The van der Waals surface area contributed by atoms with E-state index in [-0.39, 0.29) is 0 Å². The van der Waals surface area contributed by atoms with Crippen molar-refractivity contribution < 1.29 is 0 Å². The monoisotopic (exact) mass is 213 g/mol. The maximum atomic E-state index is 3.73. The Labute approximate surface area is 97.6 Å². The summed E-state index contributed by atoms with van der Waals surface area (Å²) in [5, 5.41) is 3.73. The summed E-state index contributed by atoms with van der Waals surface area (Å²) in [6.45, 7) is 3.48. The third kappa shape index (κ3) is 1.69. The normalized spacial score (nSPS) is 33.3. The van der Waals surface area contributed by atoms with Gasteiger partial charge in [0.05, 0.1) is 0 Å². The molecule has 1 aromatic carbocycles. The second-order valence-electron chi connectivity index (χ2n) is 5.19. The average Bonchev–Trinajstić information content (AvgIpc) is 2.36. The lowest BCUT2D eigenvalue weighted by molar-refractivity contribution is 0.233. The van der Waals surface area contributed by atoms with E-state index in [4.69, 9.17) is 0 Å². The van der Waals surface area contributed by atoms with Crippen molar-refractivity contribution in [3.63, 3.8) is 0 Å². The summed E-state index contributed by atoms with van der Waals surface area (Å²) in [7, 11) is 0. The molecule has 0 saturated carbocycles. The van der Waals surface area contributed by atoms with E-state index >= 15 is 0 Å². The van der Waals surface area contributed by atoms with E-state index in [1.54, 1.807) is 5.57 Å². The summed E-state index contributed by atoms with van der Waals surface area (Å²) in [6, 6.07) is 11.4. The van der Waals surface area contributed by atoms with Crippen LogP contribution in [0.4, 0.5) is 0 Å². The fourth-order valence-electron chi connectivity index (χ4n) is 3.16. The van der Waals surface area contributed by atoms with Crippen LogP contribution in [-0.2, 0) is 0 Å². The first-order valence-corrected chi connectivity index (χ1v) is 6.29. The Morgan fingerprint density at radius 1 is 1.19 bits per heavy atom. The molecule has 2 bridgehead atoms. The van der Waals surface area contributed by atoms with Gasteiger partial charge in [0.15, 0.2) is 0 Å². The molecule has 0 aromatic heterocycles. The van der Waals surface area contributed by atoms with Crippen LogP contribution in [0.1, 0.15) is 31.4 Å². The van der Waals surface area contributed by atoms with Crippen molar-refractivity contribution in [1.29, 1.82) is 0 Å². The van der Waals surface area contributed by atoms with Crippen molar-refractivity contribution in [2.45, 2.75) is 25.8 Å². The molecule has 3 atom stereocenters. The Hall–Kier alpha value is -1.08. The van der Waals surface area contributed by atoms with Gasteiger partial charge in [-0.1, -0.05) is 42.0 Å². The number of nitrogens with one attached hydrogen (secondary N) is 1. The van der Waals surface area contributed by atoms with Crippen molar-refractivity contribution in [3.8, 4) is 0 Å². The molecule has 0 amide bonds. The molecule has 1 nitrogen and oxygen atoms in total. The van der Waals surface area contributed by atoms with Crippen molar-refractivity contribution >= 4 is 0 Å². The maximum absolute atomic E-state index is 3.73. The summed E-state index contributed by atoms with van der Waals surface area (Å²) in [6.07, 6.45) is 5.10. The Kier molecular flexibility index (Phi) is 2.56. The molecule has 1 aliphatic carbocycles. The van der Waals surface area contributed by atoms with Crippen LogP contribution in [-0.4, -0.2) is 6.54 Å². The van der Waals surface area contributed by atoms with Gasteiger partial charge in [-0.15, -0.1) is 0 Å². The van der Waals surface area contributed by atoms with E-state index in [0.29, 0.717) is 6.04 Å². The quantitative estimate of drug-likeness (QED) is 0.706. The molecule has 1 N–H and O–H groups in total. The topological polar surface area (TPSA) is 12.0 Å². The second kappa shape index (κ2) is 4.06. The van der Waals surface area contributed by atoms with E-state index in [9.17, 15) is 0 Å². The number of fused-ring (bicyclic) bond motifs is 2. The van der Waals surface area contributed by atoms with Gasteiger partial charge in [-0.3, -0.25) is 0 Å². The molecular weight excluding hydrogens is 194 g/mol. The Balaban J connectivity index is 1.91. The third-order valence-corrected chi connectivity index (χ3v) is 4.13. The zero-order chi connectivity index (χ0) is 11.0. The number of rotatable bonds is 1. The van der Waals surface area contributed by atoms with Gasteiger partial charge in [0.25, 0.3) is 0 Å². The van der Waals surface area contributed by atoms with Crippen molar-refractivity contribution in [2.75, 3.05) is 6.54 Å². The fourth-order valence-corrected chi connectivity index (χ4v) is 3.16. The van der Waals surface area contributed by atoms with Gasteiger partial charge in [0.2, 0.25) is 0 Å². The van der Waals surface area contributed by atoms with E-state index in [1.807, 2.05) is 0 Å². The number of allylic oxidation sites excluding steroid dienone is 1. The van der Waals surface area contributed by atoms with Gasteiger partial charge in [0.1, 0.15) is 0 Å². The minimum atomic E-state index is 0.536. The molecular formula is C15H19N. The van der Waals surface area contributed by atoms with Gasteiger partial charge in [-0.25, -0.2) is 0 Å². The first-order chi connectivity index (χ1) is 7.84. The fraction of sp³-hybridized carbons (Fsp3) is 0.467. The molecule has 1 heterocycles. The van der Waals surface area contributed by atoms with Crippen molar-refractivity contribution in [3.05, 3.63) is 47.5 Å². The highest BCUT2D eigenvalue weighted by molar-refractivity contribution is 5.25. The van der Waals surface area contributed by atoms with Gasteiger partial charge in [-0.05, 0) is 43.7 Å². The molecule has 2 aliphatic rings. The summed E-state index contributed by atoms with van der Waals surface area (Å²) in [5.41, 5.74) is 3.03. The number of hydrogen-bond acceptors (Lipinski definition) is 1. The highest BCUT2D eigenvalue weighted by atomic mass is 14.9. The highest BCUT2D eigenvalue weighted by Crippen LogP contribution is 2.40. The molecule has 1 aliphatic heterocycles. The Bertz CT molecular complexity index is 393. The van der Waals surface area contributed by atoms with Crippen LogP contribution in [0, 0.1) is 11.8 Å². The molecule has 1 fully saturated rings. The highest BCUT2D eigenvalue weighted by Gasteiger charge is 2.33. The minimum Gasteiger partial charge on any atom is -0.309 e. The molecule has 1 saturated heterocycles. The average molecular weight is 213 g/mol. The zero-order valence-corrected chi connectivity index (χ0v) is 9.82. The summed E-state index contributed by atoms with van der Waals surface area (Å²) in [4.78, 5) is 0. The van der Waals surface area contributed by atoms with E-state index in [2.05, 4.69) is 48.6 Å². The third-order valence-electron chi connectivity index (χ3n) is 4.13. The van der Waals surface area contributed by atoms with Crippen LogP contribution < -0.4 is 5.32 Å². The number of piperidine rings is 1. The Morgan fingerprint density at radius 2 is 2.00 bits per heavy atom. The summed E-state index contributed by atoms with van der Waals surface area (Å²) in [5.74, 6) is 1.59. The largest absolute Gasteiger partial charge is 0.309 e. The lowest BCUT2D eigenvalue weighted by Crippen LogP contribution is -2.41. The first kappa shape index (κ1) is 10.1. The van der Waals surface area contributed by atoms with Crippen LogP contribution >= 0.6 is 0 Å². The van der Waals surface area contributed by atoms with E-state index in [0.717, 1.165) is 11.8 Å². The predicted molar refractivity (Wildman–Crippen MR) is 67.2 cm³/mol. The predicted octanol–water partition coefficient (Wildman–Crippen LogP) is 3.30. The molecule has 3 rings (SSSR count). The van der Waals surface area contributed by atoms with Crippen LogP contribution in [0.5, 0.6) is 0 Å². The number of benzene rings is 1. The van der Waals surface area contributed by atoms with Gasteiger partial charge in [-0.2, -0.15) is 0 Å². The van der Waals surface area contributed by atoms with Crippen molar-refractivity contribution in [1.82, 2.24) is 5.32 Å². The van der Waals surface area contributed by atoms with E-state index in [1.165, 1.54) is 24.9 Å². The van der Waals surface area contributed by atoms with Crippen LogP contribution in [0.15, 0.2) is 42.0 Å². The Morgan fingerprint density at radius 3 is 2.81 bits per heavy atom. The molecule has 0 radical (unpaired) electrons. The summed E-state index contributed by atoms with van der Waals surface area (Å²) >= 11 is 0. The summed E-state index contributed by atoms with van der Waals surface area (Å²) < 4.78 is 0. The smallest absolute Gasteiger partial charge is 0.0386 e. The SMILES string of the molecule is CC1=CC[C@@H]2CN[C@H](c3ccccc3)[C@H]1C2. The molecule has 0 spiro atoms. The first-order valence-electron chi connectivity index (χ1n) is 6.29. The molecule has 1 aromatic rings.